The van der Waals surface area contributed by atoms with Gasteiger partial charge in [0.15, 0.2) is 30.3 Å². The van der Waals surface area contributed by atoms with Gasteiger partial charge in [0, 0.05) is 57.7 Å². The number of carbonyl (C=O) groups excluding carboxylic acids is 4. The topological polar surface area (TPSA) is 229 Å². The molecule has 0 radical (unpaired) electrons. The molecule has 0 spiro atoms. The molecule has 15 heteroatoms. The first-order chi connectivity index (χ1) is 31.1. The zero-order valence-corrected chi connectivity index (χ0v) is 35.6. The third-order valence-electron chi connectivity index (χ3n) is 14.2. The van der Waals surface area contributed by atoms with Gasteiger partial charge >= 0.3 is 0 Å². The van der Waals surface area contributed by atoms with Crippen LogP contribution in [-0.2, 0) is 28.5 Å². The van der Waals surface area contributed by atoms with Crippen LogP contribution in [0, 0.1) is 13.8 Å². The van der Waals surface area contributed by atoms with E-state index in [1.165, 1.54) is 25.6 Å². The summed E-state index contributed by atoms with van der Waals surface area (Å²) in [5.74, 6) is -7.55. The first kappa shape index (κ1) is 40.2. The molecular weight excluding hydrogens is 829 g/mol. The Kier molecular flexibility index (Phi) is 8.31. The fourth-order valence-corrected chi connectivity index (χ4v) is 10.9. The highest BCUT2D eigenvalue weighted by atomic mass is 16.6. The van der Waals surface area contributed by atoms with E-state index in [4.69, 9.17) is 25.7 Å². The number of rotatable bonds is 8. The smallest absolute Gasteiger partial charge is 0.271 e. The number of nitrogens with one attached hydrogen (secondary N) is 2. The molecule has 0 saturated heterocycles. The van der Waals surface area contributed by atoms with Crippen molar-refractivity contribution >= 4 is 34.8 Å². The summed E-state index contributed by atoms with van der Waals surface area (Å²) in [5.41, 5.74) is 14.3. The van der Waals surface area contributed by atoms with Crippen molar-refractivity contribution in [1.29, 1.82) is 0 Å². The van der Waals surface area contributed by atoms with Crippen molar-refractivity contribution in [2.75, 3.05) is 18.6 Å². The molecule has 5 aliphatic rings. The summed E-state index contributed by atoms with van der Waals surface area (Å²) in [4.78, 5) is 61.4. The number of nitrogen functional groups attached to an aromatic ring is 2. The second kappa shape index (κ2) is 13.5. The van der Waals surface area contributed by atoms with Gasteiger partial charge < -0.3 is 46.5 Å². The maximum Gasteiger partial charge on any atom is 0.271 e. The molecule has 3 aliphatic carbocycles. The summed E-state index contributed by atoms with van der Waals surface area (Å²) in [6, 6.07) is 23.6. The van der Waals surface area contributed by atoms with Crippen LogP contribution < -0.4 is 40.9 Å². The summed E-state index contributed by atoms with van der Waals surface area (Å²) >= 11 is 0. The molecule has 2 amide bonds. The number of methoxy groups -OCH3 is 1. The molecule has 4 bridgehead atoms. The number of carbonyl (C=O) groups is 4. The number of Topliss-reactive ketones (excluding diaryl/α,β-unsaturated/α-hetero) is 2. The molecule has 15 nitrogen and oxygen atoms in total. The van der Waals surface area contributed by atoms with E-state index in [1.54, 1.807) is 79.1 Å². The van der Waals surface area contributed by atoms with Crippen LogP contribution in [0.25, 0.3) is 0 Å². The average molecular weight is 872 g/mol. The minimum absolute atomic E-state index is 0.0430. The van der Waals surface area contributed by atoms with Gasteiger partial charge in [-0.15, -0.1) is 0 Å². The number of hydrogen-bond donors (Lipinski definition) is 6. The van der Waals surface area contributed by atoms with Gasteiger partial charge in [0.1, 0.15) is 22.8 Å². The number of aryl methyl sites for hydroxylation is 2. The van der Waals surface area contributed by atoms with E-state index < -0.39 is 52.1 Å². The first-order valence-electron chi connectivity index (χ1n) is 21.2. The number of nitrogens with two attached hydrogens (primary N) is 2. The number of nitrogens with zero attached hydrogens (tertiary/aromatic N) is 2. The van der Waals surface area contributed by atoms with Gasteiger partial charge in [-0.05, 0) is 72.5 Å². The Hall–Kier alpha value is -7.62. The van der Waals surface area contributed by atoms with Gasteiger partial charge in [-0.25, -0.2) is 4.57 Å². The van der Waals surface area contributed by atoms with Crippen molar-refractivity contribution in [3.8, 4) is 17.2 Å². The molecule has 8 N–H and O–H groups in total. The zero-order valence-electron chi connectivity index (χ0n) is 35.6. The standard InChI is InChI=1S/C50H42N6O9/c1-24-16-31-37(17-25(24)2)64-50(62)33-9-5-11-35(51)39(33)41-42(31)48(50,44(41)58)55-45(59)28-8-7-15-56(23-28)22-26(3)27-13-14-32-38(19-27)65-49(61)34-10-6-12-36(52)40(34)43(57)47(32,49)54-46(60)29-18-30(63-4)21-53-20-29/h5-21,23,26,41-42,61-62H,22,51H2,1-4H3,(H3-,52,54,55,57,59,60)/p+1. The SMILES string of the molecule is COc1cncc(C(=O)NC23C(=O)c4c(N)cccc4C2(O)Oc2cc(C(C)C[n+]4cccc(C(=O)NC56C(=O)C7c8c(N)cccc8C5(O)Oc5cc(C)c(C)cc5C76)c4)ccc23)c1. The zero-order chi connectivity index (χ0) is 45.5. The van der Waals surface area contributed by atoms with Crippen molar-refractivity contribution < 1.29 is 48.2 Å². The van der Waals surface area contributed by atoms with Crippen molar-refractivity contribution in [3.63, 3.8) is 0 Å². The third kappa shape index (κ3) is 5.07. The number of ketones is 2. The normalized spacial score (nSPS) is 26.2. The van der Waals surface area contributed by atoms with E-state index in [2.05, 4.69) is 15.6 Å². The van der Waals surface area contributed by atoms with E-state index >= 15 is 0 Å². The van der Waals surface area contributed by atoms with Crippen molar-refractivity contribution in [2.24, 2.45) is 0 Å². The number of anilines is 2. The van der Waals surface area contributed by atoms with E-state index in [0.29, 0.717) is 40.4 Å². The summed E-state index contributed by atoms with van der Waals surface area (Å²) in [5, 5.41) is 30.9. The minimum Gasteiger partial charge on any atom is -0.495 e. The van der Waals surface area contributed by atoms with Crippen LogP contribution >= 0.6 is 0 Å². The monoisotopic (exact) mass is 871 g/mol. The van der Waals surface area contributed by atoms with Gasteiger partial charge in [0.05, 0.1) is 30.4 Å². The number of pyridine rings is 2. The average Bonchev–Trinajstić information content (AvgIpc) is 3.65. The molecular formula is C50H43N6O9+. The minimum atomic E-state index is -2.36. The molecule has 1 fully saturated rings. The molecule has 6 aromatic rings. The van der Waals surface area contributed by atoms with Gasteiger partial charge in [-0.2, -0.15) is 0 Å². The van der Waals surface area contributed by atoms with Crippen molar-refractivity contribution in [2.45, 2.75) is 67.7 Å². The lowest BCUT2D eigenvalue weighted by molar-refractivity contribution is -0.699. The lowest BCUT2D eigenvalue weighted by Gasteiger charge is -2.66. The number of hydrogen-bond acceptors (Lipinski definition) is 12. The Morgan fingerprint density at radius 1 is 0.831 bits per heavy atom. The fourth-order valence-electron chi connectivity index (χ4n) is 10.9. The number of amides is 2. The van der Waals surface area contributed by atoms with Gasteiger partial charge in [-0.1, -0.05) is 49.4 Å². The van der Waals surface area contributed by atoms with Crippen molar-refractivity contribution in [1.82, 2.24) is 15.6 Å². The Bertz CT molecular complexity index is 3160. The highest BCUT2D eigenvalue weighted by Gasteiger charge is 2.81. The molecule has 4 aromatic carbocycles. The Balaban J connectivity index is 0.896. The number of aromatic nitrogens is 2. The first-order valence-corrected chi connectivity index (χ1v) is 21.2. The molecule has 326 valence electrons. The predicted molar refractivity (Wildman–Crippen MR) is 233 cm³/mol. The number of aliphatic hydroxyl groups is 2. The predicted octanol–water partition coefficient (Wildman–Crippen LogP) is 4.19. The molecule has 1 saturated carbocycles. The van der Waals surface area contributed by atoms with Crippen molar-refractivity contribution in [3.05, 3.63) is 171 Å². The van der Waals surface area contributed by atoms with Crippen LogP contribution in [0.15, 0.2) is 110 Å². The number of benzene rings is 4. The van der Waals surface area contributed by atoms with Crippen LogP contribution in [0.1, 0.15) is 100 Å². The van der Waals surface area contributed by atoms with Crippen LogP contribution in [0.5, 0.6) is 17.2 Å². The summed E-state index contributed by atoms with van der Waals surface area (Å²) in [6.07, 6.45) is 6.22. The molecule has 4 heterocycles. The summed E-state index contributed by atoms with van der Waals surface area (Å²) in [6.45, 7) is 6.23. The van der Waals surface area contributed by atoms with E-state index in [0.717, 1.165) is 16.7 Å². The second-order valence-corrected chi connectivity index (χ2v) is 17.7. The van der Waals surface area contributed by atoms with E-state index in [-0.39, 0.29) is 51.0 Å². The lowest BCUT2D eigenvalue weighted by atomic mass is 9.43. The number of ether oxygens (including phenoxy) is 3. The number of fused-ring (bicyclic) bond motifs is 9. The quantitative estimate of drug-likeness (QED) is 0.0935. The summed E-state index contributed by atoms with van der Waals surface area (Å²) < 4.78 is 19.8. The largest absolute Gasteiger partial charge is 0.495 e. The maximum atomic E-state index is 14.6. The Morgan fingerprint density at radius 2 is 1.55 bits per heavy atom. The van der Waals surface area contributed by atoms with Crippen LogP contribution in [0.2, 0.25) is 0 Å². The molecule has 2 aliphatic heterocycles. The molecule has 2 aromatic heterocycles. The lowest BCUT2D eigenvalue weighted by Crippen LogP contribution is -2.83. The molecule has 65 heavy (non-hydrogen) atoms. The fraction of sp³-hybridized carbons (Fsp3) is 0.240. The second-order valence-electron chi connectivity index (χ2n) is 17.7. The van der Waals surface area contributed by atoms with Gasteiger partial charge in [0.25, 0.3) is 23.4 Å². The third-order valence-corrected chi connectivity index (χ3v) is 14.2. The van der Waals surface area contributed by atoms with E-state index in [9.17, 15) is 29.4 Å². The van der Waals surface area contributed by atoms with Gasteiger partial charge in [-0.3, -0.25) is 24.2 Å². The van der Waals surface area contributed by atoms with Crippen LogP contribution in [0.3, 0.4) is 0 Å². The molecule has 11 rings (SSSR count). The van der Waals surface area contributed by atoms with Gasteiger partial charge in [0.2, 0.25) is 11.3 Å². The Labute approximate surface area is 372 Å². The molecule has 7 atom stereocenters. The highest BCUT2D eigenvalue weighted by molar-refractivity contribution is 6.16. The maximum absolute atomic E-state index is 14.6. The highest BCUT2D eigenvalue weighted by Crippen LogP contribution is 2.70. The molecule has 7 unspecified atom stereocenters. The summed E-state index contributed by atoms with van der Waals surface area (Å²) in [7, 11) is 1.44. The Morgan fingerprint density at radius 3 is 2.34 bits per heavy atom. The van der Waals surface area contributed by atoms with Crippen LogP contribution in [0.4, 0.5) is 11.4 Å². The van der Waals surface area contributed by atoms with Crippen LogP contribution in [-0.4, -0.2) is 51.2 Å². The van der Waals surface area contributed by atoms with E-state index in [1.807, 2.05) is 37.5 Å².